The Bertz CT molecular complexity index is 1210. The van der Waals surface area contributed by atoms with Gasteiger partial charge in [-0.2, -0.15) is 0 Å². The largest absolute Gasteiger partial charge is 0.457 e. The van der Waals surface area contributed by atoms with Gasteiger partial charge < -0.3 is 10.1 Å². The molecule has 31 heavy (non-hydrogen) atoms. The van der Waals surface area contributed by atoms with Gasteiger partial charge in [-0.3, -0.25) is 9.78 Å². The number of halogens is 1. The van der Waals surface area contributed by atoms with Crippen LogP contribution in [-0.2, 0) is 12.8 Å². The lowest BCUT2D eigenvalue weighted by atomic mass is 10.1. The fraction of sp³-hybridized carbons (Fsp3) is 0.174. The maximum atomic E-state index is 12.2. The van der Waals surface area contributed by atoms with Crippen LogP contribution in [0.5, 0.6) is 11.5 Å². The quantitative estimate of drug-likeness (QED) is 0.383. The van der Waals surface area contributed by atoms with Crippen molar-refractivity contribution in [2.24, 2.45) is 0 Å². The lowest BCUT2D eigenvalue weighted by molar-refractivity contribution is 0.482. The average Bonchev–Trinajstić information content (AvgIpc) is 3.27. The summed E-state index contributed by atoms with van der Waals surface area (Å²) >= 11 is 7.58. The Morgan fingerprint density at radius 2 is 1.94 bits per heavy atom. The van der Waals surface area contributed by atoms with Gasteiger partial charge in [0.25, 0.3) is 5.56 Å². The normalized spacial score (nSPS) is 10.8. The van der Waals surface area contributed by atoms with Gasteiger partial charge in [-0.15, -0.1) is 11.3 Å². The topological polar surface area (TPSA) is 79.9 Å². The van der Waals surface area contributed by atoms with Gasteiger partial charge in [0.05, 0.1) is 5.01 Å². The Labute approximate surface area is 188 Å². The molecule has 8 heteroatoms. The van der Waals surface area contributed by atoms with Gasteiger partial charge in [0.2, 0.25) is 5.95 Å². The maximum absolute atomic E-state index is 12.2. The van der Waals surface area contributed by atoms with Crippen LogP contribution in [0, 0.1) is 6.92 Å². The molecule has 0 saturated carbocycles. The van der Waals surface area contributed by atoms with Crippen molar-refractivity contribution in [3.8, 4) is 11.5 Å². The van der Waals surface area contributed by atoms with Crippen molar-refractivity contribution in [1.29, 1.82) is 0 Å². The fourth-order valence-corrected chi connectivity index (χ4v) is 3.76. The summed E-state index contributed by atoms with van der Waals surface area (Å²) in [6.07, 6.45) is 4.61. The molecule has 2 N–H and O–H groups in total. The van der Waals surface area contributed by atoms with E-state index in [-0.39, 0.29) is 5.56 Å². The number of ether oxygens (including phenoxy) is 1. The fourth-order valence-electron chi connectivity index (χ4n) is 3.01. The van der Waals surface area contributed by atoms with E-state index >= 15 is 0 Å². The van der Waals surface area contributed by atoms with Crippen molar-refractivity contribution in [2.45, 2.75) is 19.8 Å². The summed E-state index contributed by atoms with van der Waals surface area (Å²) in [5.41, 5.74) is 2.58. The van der Waals surface area contributed by atoms with Crippen molar-refractivity contribution < 1.29 is 4.74 Å². The first-order chi connectivity index (χ1) is 15.1. The highest BCUT2D eigenvalue weighted by Crippen LogP contribution is 2.26. The van der Waals surface area contributed by atoms with Gasteiger partial charge in [-0.05, 0) is 54.8 Å². The number of aryl methyl sites for hydroxylation is 1. The maximum Gasteiger partial charge on any atom is 0.255 e. The van der Waals surface area contributed by atoms with E-state index < -0.39 is 0 Å². The molecule has 2 heterocycles. The number of benzene rings is 2. The van der Waals surface area contributed by atoms with Crippen LogP contribution in [0.3, 0.4) is 0 Å². The number of nitrogens with one attached hydrogen (secondary N) is 2. The number of anilines is 1. The number of thiazole rings is 1. The molecule has 0 fully saturated rings. The Hall–Kier alpha value is -3.16. The third kappa shape index (κ3) is 5.71. The van der Waals surface area contributed by atoms with Crippen molar-refractivity contribution in [3.05, 3.63) is 97.3 Å². The Kier molecular flexibility index (Phi) is 6.64. The van der Waals surface area contributed by atoms with Crippen molar-refractivity contribution in [3.63, 3.8) is 0 Å². The van der Waals surface area contributed by atoms with E-state index in [0.717, 1.165) is 39.1 Å². The van der Waals surface area contributed by atoms with E-state index in [0.29, 0.717) is 24.5 Å². The highest BCUT2D eigenvalue weighted by molar-refractivity contribution is 7.09. The number of aromatic amines is 1. The zero-order valence-electron chi connectivity index (χ0n) is 16.9. The van der Waals surface area contributed by atoms with Gasteiger partial charge in [0, 0.05) is 41.3 Å². The van der Waals surface area contributed by atoms with Crippen molar-refractivity contribution >= 4 is 28.9 Å². The average molecular weight is 453 g/mol. The molecule has 0 aliphatic rings. The van der Waals surface area contributed by atoms with E-state index in [4.69, 9.17) is 16.3 Å². The summed E-state index contributed by atoms with van der Waals surface area (Å²) in [5, 5.41) is 6.67. The molecule has 0 bridgehead atoms. The highest BCUT2D eigenvalue weighted by atomic mass is 35.5. The molecule has 158 valence electrons. The SMILES string of the molecule is Cc1cc(Oc2ccc(CCNc3ncc(Cc4nccs4)c(=O)[nH]3)cc2)ccc1Cl. The molecule has 2 aromatic carbocycles. The number of nitrogens with zero attached hydrogens (tertiary/aromatic N) is 2. The molecule has 0 aliphatic carbocycles. The monoisotopic (exact) mass is 452 g/mol. The number of hydrogen-bond acceptors (Lipinski definition) is 6. The zero-order chi connectivity index (χ0) is 21.6. The Morgan fingerprint density at radius 3 is 2.65 bits per heavy atom. The third-order valence-corrected chi connectivity index (χ3v) is 5.90. The van der Waals surface area contributed by atoms with E-state index in [2.05, 4.69) is 20.3 Å². The van der Waals surface area contributed by atoms with Crippen LogP contribution in [0.4, 0.5) is 5.95 Å². The lowest BCUT2D eigenvalue weighted by Crippen LogP contribution is -2.18. The first-order valence-electron chi connectivity index (χ1n) is 9.80. The number of rotatable bonds is 8. The Morgan fingerprint density at radius 1 is 1.13 bits per heavy atom. The zero-order valence-corrected chi connectivity index (χ0v) is 18.5. The van der Waals surface area contributed by atoms with Crippen molar-refractivity contribution in [1.82, 2.24) is 15.0 Å². The van der Waals surface area contributed by atoms with Crippen LogP contribution in [0.1, 0.15) is 21.7 Å². The summed E-state index contributed by atoms with van der Waals surface area (Å²) in [5.74, 6) is 1.98. The van der Waals surface area contributed by atoms with E-state index in [1.165, 1.54) is 11.3 Å². The molecule has 0 unspecified atom stereocenters. The molecule has 0 radical (unpaired) electrons. The predicted octanol–water partition coefficient (Wildman–Crippen LogP) is 5.23. The van der Waals surface area contributed by atoms with Crippen LogP contribution in [0.15, 0.2) is 65.0 Å². The summed E-state index contributed by atoms with van der Waals surface area (Å²) in [7, 11) is 0. The standard InChI is InChI=1S/C23H21ClN4O2S/c1-15-12-19(6-7-20(15)24)30-18-4-2-16(3-5-18)8-9-26-23-27-14-17(22(29)28-23)13-21-25-10-11-31-21/h2-7,10-12,14H,8-9,13H2,1H3,(H2,26,27,28,29). The predicted molar refractivity (Wildman–Crippen MR) is 125 cm³/mol. The van der Waals surface area contributed by atoms with Gasteiger partial charge in [-0.1, -0.05) is 23.7 Å². The first-order valence-corrected chi connectivity index (χ1v) is 11.1. The molecule has 0 spiro atoms. The van der Waals surface area contributed by atoms with E-state index in [1.807, 2.05) is 54.8 Å². The van der Waals surface area contributed by atoms with Crippen LogP contribution in [-0.4, -0.2) is 21.5 Å². The van der Waals surface area contributed by atoms with Gasteiger partial charge in [0.15, 0.2) is 0 Å². The number of aromatic nitrogens is 3. The van der Waals surface area contributed by atoms with Gasteiger partial charge in [0.1, 0.15) is 11.5 Å². The van der Waals surface area contributed by atoms with Crippen molar-refractivity contribution in [2.75, 3.05) is 11.9 Å². The van der Waals surface area contributed by atoms with Crippen LogP contribution < -0.4 is 15.6 Å². The van der Waals surface area contributed by atoms with Crippen LogP contribution >= 0.6 is 22.9 Å². The van der Waals surface area contributed by atoms with Gasteiger partial charge >= 0.3 is 0 Å². The minimum Gasteiger partial charge on any atom is -0.457 e. The second-order valence-electron chi connectivity index (χ2n) is 7.02. The molecule has 4 rings (SSSR count). The lowest BCUT2D eigenvalue weighted by Gasteiger charge is -2.09. The Balaban J connectivity index is 1.29. The minimum absolute atomic E-state index is 0.147. The van der Waals surface area contributed by atoms with Crippen LogP contribution in [0.25, 0.3) is 0 Å². The number of H-pyrrole nitrogens is 1. The molecule has 4 aromatic rings. The van der Waals surface area contributed by atoms with E-state index in [1.54, 1.807) is 12.4 Å². The molecule has 0 amide bonds. The summed E-state index contributed by atoms with van der Waals surface area (Å²) in [4.78, 5) is 23.5. The minimum atomic E-state index is -0.147. The number of hydrogen-bond donors (Lipinski definition) is 2. The smallest absolute Gasteiger partial charge is 0.255 e. The summed E-state index contributed by atoms with van der Waals surface area (Å²) in [6.45, 7) is 2.59. The molecule has 0 saturated heterocycles. The molecular weight excluding hydrogens is 432 g/mol. The molecular formula is C23H21ClN4O2S. The molecule has 0 atom stereocenters. The molecule has 0 aliphatic heterocycles. The van der Waals surface area contributed by atoms with Crippen LogP contribution in [0.2, 0.25) is 5.02 Å². The second kappa shape index (κ2) is 9.76. The van der Waals surface area contributed by atoms with Gasteiger partial charge in [-0.25, -0.2) is 9.97 Å². The third-order valence-electron chi connectivity index (χ3n) is 4.69. The molecule has 6 nitrogen and oxygen atoms in total. The second-order valence-corrected chi connectivity index (χ2v) is 8.41. The van der Waals surface area contributed by atoms with E-state index in [9.17, 15) is 4.79 Å². The molecule has 2 aromatic heterocycles. The summed E-state index contributed by atoms with van der Waals surface area (Å²) in [6, 6.07) is 13.5. The highest BCUT2D eigenvalue weighted by Gasteiger charge is 2.06. The summed E-state index contributed by atoms with van der Waals surface area (Å²) < 4.78 is 5.88. The first kappa shape index (κ1) is 21.1.